The van der Waals surface area contributed by atoms with Crippen LogP contribution in [0.5, 0.6) is 0 Å². The number of carboxylic acid groups (broad SMARTS) is 1. The van der Waals surface area contributed by atoms with E-state index >= 15 is 0 Å². The van der Waals surface area contributed by atoms with Crippen molar-refractivity contribution in [1.29, 1.82) is 0 Å². The number of hydrogen-bond acceptors (Lipinski definition) is 2. The van der Waals surface area contributed by atoms with Crippen LogP contribution in [0.2, 0.25) is 0 Å². The normalized spacial score (nSPS) is 14.4. The summed E-state index contributed by atoms with van der Waals surface area (Å²) in [5, 5.41) is 8.12. The van der Waals surface area contributed by atoms with Gasteiger partial charge in [-0.05, 0) is 17.7 Å². The van der Waals surface area contributed by atoms with Crippen LogP contribution in [0.1, 0.15) is 18.9 Å². The third kappa shape index (κ3) is 4.10. The number of rotatable bonds is 5. The fourth-order valence-electron chi connectivity index (χ4n) is 1.27. The van der Waals surface area contributed by atoms with Crippen LogP contribution in [0, 0.1) is 5.82 Å². The smallest absolute Gasteiger partial charge is 0.304 e. The van der Waals surface area contributed by atoms with E-state index in [1.54, 1.807) is 19.1 Å². The maximum Gasteiger partial charge on any atom is 0.304 e. The molecule has 0 radical (unpaired) electrons. The second kappa shape index (κ2) is 5.75. The molecule has 0 saturated heterocycles. The van der Waals surface area contributed by atoms with E-state index in [2.05, 4.69) is 0 Å². The van der Waals surface area contributed by atoms with E-state index < -0.39 is 22.0 Å². The minimum absolute atomic E-state index is 0.137. The number of carboxylic acids is 1. The first-order valence-corrected chi connectivity index (χ1v) is 6.20. The molecule has 0 aliphatic carbocycles. The largest absolute Gasteiger partial charge is 0.481 e. The second-order valence-corrected chi connectivity index (χ2v) is 5.42. The molecule has 0 heterocycles. The summed E-state index contributed by atoms with van der Waals surface area (Å²) in [5.74, 6) is -1.16. The van der Waals surface area contributed by atoms with E-state index in [-0.39, 0.29) is 18.0 Å². The molecule has 1 N–H and O–H groups in total. The molecule has 2 atom stereocenters. The molecular formula is C11H13FO3S. The Kier molecular flexibility index (Phi) is 4.61. The van der Waals surface area contributed by atoms with Gasteiger partial charge >= 0.3 is 5.97 Å². The van der Waals surface area contributed by atoms with E-state index in [9.17, 15) is 13.4 Å². The Morgan fingerprint density at radius 2 is 2.25 bits per heavy atom. The summed E-state index contributed by atoms with van der Waals surface area (Å²) in [6.07, 6.45) is -0.137. The molecule has 0 fully saturated rings. The van der Waals surface area contributed by atoms with Gasteiger partial charge in [-0.2, -0.15) is 0 Å². The standard InChI is InChI=1S/C11H13FO3S/c1-8(5-11(13)14)16(15)7-9-3-2-4-10(12)6-9/h2-4,6,8H,5,7H2,1H3,(H,13,14). The number of halogens is 1. The molecule has 88 valence electrons. The maximum atomic E-state index is 12.8. The van der Waals surface area contributed by atoms with Crippen molar-refractivity contribution in [3.63, 3.8) is 0 Å². The van der Waals surface area contributed by atoms with E-state index in [1.165, 1.54) is 12.1 Å². The highest BCUT2D eigenvalue weighted by atomic mass is 32.2. The minimum atomic E-state index is -1.29. The molecule has 1 rings (SSSR count). The van der Waals surface area contributed by atoms with Gasteiger partial charge in [-0.15, -0.1) is 0 Å². The van der Waals surface area contributed by atoms with Crippen molar-refractivity contribution in [1.82, 2.24) is 0 Å². The fraction of sp³-hybridized carbons (Fsp3) is 0.364. The van der Waals surface area contributed by atoms with Crippen molar-refractivity contribution < 1.29 is 18.5 Å². The minimum Gasteiger partial charge on any atom is -0.481 e. The zero-order valence-electron chi connectivity index (χ0n) is 8.85. The predicted octanol–water partition coefficient (Wildman–Crippen LogP) is 1.94. The molecule has 2 unspecified atom stereocenters. The fourth-order valence-corrected chi connectivity index (χ4v) is 2.39. The van der Waals surface area contributed by atoms with Crippen LogP contribution in [0.4, 0.5) is 4.39 Å². The van der Waals surface area contributed by atoms with Gasteiger partial charge < -0.3 is 5.11 Å². The van der Waals surface area contributed by atoms with Gasteiger partial charge in [0.2, 0.25) is 0 Å². The van der Waals surface area contributed by atoms with E-state index in [1.807, 2.05) is 0 Å². The molecule has 1 aromatic carbocycles. The van der Waals surface area contributed by atoms with Crippen LogP contribution < -0.4 is 0 Å². The number of aliphatic carboxylic acids is 1. The third-order valence-electron chi connectivity index (χ3n) is 2.11. The summed E-state index contributed by atoms with van der Waals surface area (Å²) in [5.41, 5.74) is 0.621. The molecule has 0 spiro atoms. The molecule has 0 saturated carbocycles. The molecule has 1 aromatic rings. The molecule has 16 heavy (non-hydrogen) atoms. The molecular weight excluding hydrogens is 231 g/mol. The summed E-state index contributed by atoms with van der Waals surface area (Å²) in [4.78, 5) is 10.4. The van der Waals surface area contributed by atoms with Crippen LogP contribution >= 0.6 is 0 Å². The summed E-state index contributed by atoms with van der Waals surface area (Å²) in [6, 6.07) is 5.84. The van der Waals surface area contributed by atoms with Crippen LogP contribution in [-0.4, -0.2) is 20.5 Å². The van der Waals surface area contributed by atoms with Crippen molar-refractivity contribution in [2.45, 2.75) is 24.3 Å². The quantitative estimate of drug-likeness (QED) is 0.861. The number of hydrogen-bond donors (Lipinski definition) is 1. The van der Waals surface area contributed by atoms with E-state index in [0.29, 0.717) is 5.56 Å². The van der Waals surface area contributed by atoms with E-state index in [4.69, 9.17) is 5.11 Å². The van der Waals surface area contributed by atoms with Crippen molar-refractivity contribution >= 4 is 16.8 Å². The molecule has 0 aromatic heterocycles. The van der Waals surface area contributed by atoms with Crippen molar-refractivity contribution in [3.8, 4) is 0 Å². The van der Waals surface area contributed by atoms with Crippen molar-refractivity contribution in [2.75, 3.05) is 0 Å². The summed E-state index contributed by atoms with van der Waals surface area (Å²) >= 11 is 0. The highest BCUT2D eigenvalue weighted by molar-refractivity contribution is 7.84. The Morgan fingerprint density at radius 3 is 2.81 bits per heavy atom. The van der Waals surface area contributed by atoms with Crippen molar-refractivity contribution in [2.24, 2.45) is 0 Å². The lowest BCUT2D eigenvalue weighted by Crippen LogP contribution is -2.17. The maximum absolute atomic E-state index is 12.8. The molecule has 0 aliphatic rings. The Morgan fingerprint density at radius 1 is 1.56 bits per heavy atom. The number of benzene rings is 1. The summed E-state index contributed by atoms with van der Waals surface area (Å²) in [7, 11) is -1.29. The first-order chi connectivity index (χ1) is 7.49. The summed E-state index contributed by atoms with van der Waals surface area (Å²) < 4.78 is 24.5. The van der Waals surface area contributed by atoms with Gasteiger partial charge in [-0.25, -0.2) is 4.39 Å². The van der Waals surface area contributed by atoms with Gasteiger partial charge in [0.25, 0.3) is 0 Å². The Labute approximate surface area is 95.8 Å². The van der Waals surface area contributed by atoms with Gasteiger partial charge in [0.15, 0.2) is 0 Å². The molecule has 5 heteroatoms. The van der Waals surface area contributed by atoms with Gasteiger partial charge in [-0.1, -0.05) is 19.1 Å². The SMILES string of the molecule is CC(CC(=O)O)S(=O)Cc1cccc(F)c1. The Balaban J connectivity index is 2.60. The molecule has 0 amide bonds. The lowest BCUT2D eigenvalue weighted by molar-refractivity contribution is -0.136. The third-order valence-corrected chi connectivity index (χ3v) is 3.79. The Hall–Kier alpha value is -1.23. The average molecular weight is 244 g/mol. The van der Waals surface area contributed by atoms with Crippen LogP contribution in [0.15, 0.2) is 24.3 Å². The van der Waals surface area contributed by atoms with Gasteiger partial charge in [0, 0.05) is 21.8 Å². The van der Waals surface area contributed by atoms with Gasteiger partial charge in [-0.3, -0.25) is 9.00 Å². The van der Waals surface area contributed by atoms with Gasteiger partial charge in [0.1, 0.15) is 5.82 Å². The summed E-state index contributed by atoms with van der Waals surface area (Å²) in [6.45, 7) is 1.61. The number of carbonyl (C=O) groups is 1. The lowest BCUT2D eigenvalue weighted by atomic mass is 10.2. The van der Waals surface area contributed by atoms with Crippen molar-refractivity contribution in [3.05, 3.63) is 35.6 Å². The van der Waals surface area contributed by atoms with Gasteiger partial charge in [0.05, 0.1) is 6.42 Å². The van der Waals surface area contributed by atoms with E-state index in [0.717, 1.165) is 0 Å². The lowest BCUT2D eigenvalue weighted by Gasteiger charge is -2.08. The second-order valence-electron chi connectivity index (χ2n) is 3.56. The zero-order chi connectivity index (χ0) is 12.1. The monoisotopic (exact) mass is 244 g/mol. The molecule has 0 aliphatic heterocycles. The first-order valence-electron chi connectivity index (χ1n) is 4.82. The topological polar surface area (TPSA) is 54.4 Å². The van der Waals surface area contributed by atoms with Crippen LogP contribution in [0.3, 0.4) is 0 Å². The van der Waals surface area contributed by atoms with Crippen LogP contribution in [-0.2, 0) is 21.3 Å². The first kappa shape index (κ1) is 12.8. The highest BCUT2D eigenvalue weighted by Crippen LogP contribution is 2.11. The molecule has 0 bridgehead atoms. The predicted molar refractivity (Wildman–Crippen MR) is 60.0 cm³/mol. The zero-order valence-corrected chi connectivity index (χ0v) is 9.67. The Bertz CT molecular complexity index is 406. The highest BCUT2D eigenvalue weighted by Gasteiger charge is 2.15. The molecule has 3 nitrogen and oxygen atoms in total. The van der Waals surface area contributed by atoms with Crippen LogP contribution in [0.25, 0.3) is 0 Å². The average Bonchev–Trinajstić information content (AvgIpc) is 2.16.